The maximum atomic E-state index is 5.56. The number of likely N-dealkylation sites (tertiary alicyclic amines) is 1. The van der Waals surface area contributed by atoms with Crippen LogP contribution in [0.5, 0.6) is 0 Å². The third-order valence-electron chi connectivity index (χ3n) is 3.36. The van der Waals surface area contributed by atoms with Gasteiger partial charge >= 0.3 is 0 Å². The van der Waals surface area contributed by atoms with Crippen LogP contribution in [0.4, 0.5) is 0 Å². The summed E-state index contributed by atoms with van der Waals surface area (Å²) < 4.78 is 5.56. The van der Waals surface area contributed by atoms with Crippen LogP contribution in [0.2, 0.25) is 0 Å². The van der Waals surface area contributed by atoms with Crippen molar-refractivity contribution in [2.24, 2.45) is 5.92 Å². The van der Waals surface area contributed by atoms with E-state index in [1.165, 1.54) is 45.3 Å². The molecule has 0 bridgehead atoms. The van der Waals surface area contributed by atoms with E-state index < -0.39 is 0 Å². The quantitative estimate of drug-likeness (QED) is 0.629. The topological polar surface area (TPSA) is 12.5 Å². The second-order valence-electron chi connectivity index (χ2n) is 4.94. The molecule has 1 aliphatic heterocycles. The van der Waals surface area contributed by atoms with Gasteiger partial charge in [-0.1, -0.05) is 6.92 Å². The smallest absolute Gasteiger partial charge is 0.0518 e. The summed E-state index contributed by atoms with van der Waals surface area (Å²) in [6.07, 6.45) is 5.80. The molecule has 1 aliphatic rings. The average Bonchev–Trinajstić information content (AvgIpc) is 2.25. The predicted octanol–water partition coefficient (Wildman–Crippen LogP) is 2.92. The van der Waals surface area contributed by atoms with Crippen LogP contribution in [0.15, 0.2) is 0 Å². The summed E-state index contributed by atoms with van der Waals surface area (Å²) in [4.78, 5) is 2.56. The number of hydrogen-bond donors (Lipinski definition) is 0. The van der Waals surface area contributed by atoms with Crippen LogP contribution >= 0.6 is 0 Å². The molecule has 1 rings (SSSR count). The minimum absolute atomic E-state index is 0.395. The first-order valence-corrected chi connectivity index (χ1v) is 6.56. The molecule has 2 heteroatoms. The van der Waals surface area contributed by atoms with Crippen LogP contribution in [-0.4, -0.2) is 37.2 Å². The van der Waals surface area contributed by atoms with Crippen molar-refractivity contribution in [3.05, 3.63) is 0 Å². The lowest BCUT2D eigenvalue weighted by Crippen LogP contribution is -2.33. The summed E-state index contributed by atoms with van der Waals surface area (Å²) in [6, 6.07) is 0. The van der Waals surface area contributed by atoms with Gasteiger partial charge in [-0.05, 0) is 65.1 Å². The van der Waals surface area contributed by atoms with Crippen molar-refractivity contribution in [3.63, 3.8) is 0 Å². The predicted molar refractivity (Wildman–Crippen MR) is 65.2 cm³/mol. The van der Waals surface area contributed by atoms with E-state index in [1.54, 1.807) is 0 Å². The Morgan fingerprint density at radius 1 is 1.27 bits per heavy atom. The second-order valence-corrected chi connectivity index (χ2v) is 4.94. The minimum Gasteiger partial charge on any atom is -0.379 e. The number of rotatable bonds is 6. The van der Waals surface area contributed by atoms with E-state index in [-0.39, 0.29) is 0 Å². The van der Waals surface area contributed by atoms with Crippen molar-refractivity contribution in [1.29, 1.82) is 0 Å². The van der Waals surface area contributed by atoms with Crippen molar-refractivity contribution in [2.45, 2.75) is 52.6 Å². The maximum absolute atomic E-state index is 5.56. The molecule has 1 fully saturated rings. The molecule has 0 saturated carbocycles. The van der Waals surface area contributed by atoms with Gasteiger partial charge in [-0.2, -0.15) is 0 Å². The van der Waals surface area contributed by atoms with Crippen molar-refractivity contribution in [3.8, 4) is 0 Å². The SMILES string of the molecule is CCN1CCC(CCCOC(C)C)CC1. The van der Waals surface area contributed by atoms with Crippen molar-refractivity contribution in [2.75, 3.05) is 26.2 Å². The fourth-order valence-electron chi connectivity index (χ4n) is 2.28. The van der Waals surface area contributed by atoms with Crippen LogP contribution in [0.25, 0.3) is 0 Å². The number of piperidine rings is 1. The summed E-state index contributed by atoms with van der Waals surface area (Å²) in [5, 5.41) is 0. The van der Waals surface area contributed by atoms with Crippen LogP contribution in [0.3, 0.4) is 0 Å². The number of hydrogen-bond acceptors (Lipinski definition) is 2. The molecule has 1 heterocycles. The highest BCUT2D eigenvalue weighted by atomic mass is 16.5. The van der Waals surface area contributed by atoms with Gasteiger partial charge in [-0.3, -0.25) is 0 Å². The standard InChI is InChI=1S/C13H27NO/c1-4-14-9-7-13(8-10-14)6-5-11-15-12(2)3/h12-13H,4-11H2,1-3H3. The zero-order chi connectivity index (χ0) is 11.1. The van der Waals surface area contributed by atoms with Gasteiger partial charge in [0.05, 0.1) is 6.10 Å². The fourth-order valence-corrected chi connectivity index (χ4v) is 2.28. The lowest BCUT2D eigenvalue weighted by molar-refractivity contribution is 0.0706. The fraction of sp³-hybridized carbons (Fsp3) is 1.00. The Morgan fingerprint density at radius 2 is 1.93 bits per heavy atom. The molecule has 90 valence electrons. The molecular weight excluding hydrogens is 186 g/mol. The Morgan fingerprint density at radius 3 is 2.47 bits per heavy atom. The highest BCUT2D eigenvalue weighted by molar-refractivity contribution is 4.71. The monoisotopic (exact) mass is 213 g/mol. The Hall–Kier alpha value is -0.0800. The highest BCUT2D eigenvalue weighted by Crippen LogP contribution is 2.21. The molecule has 1 saturated heterocycles. The summed E-state index contributed by atoms with van der Waals surface area (Å²) in [5.74, 6) is 0.962. The van der Waals surface area contributed by atoms with E-state index >= 15 is 0 Å². The van der Waals surface area contributed by atoms with Crippen molar-refractivity contribution in [1.82, 2.24) is 4.90 Å². The highest BCUT2D eigenvalue weighted by Gasteiger charge is 2.17. The molecule has 0 radical (unpaired) electrons. The summed E-state index contributed by atoms with van der Waals surface area (Å²) >= 11 is 0. The van der Waals surface area contributed by atoms with Gasteiger partial charge in [0.2, 0.25) is 0 Å². The molecule has 0 aromatic heterocycles. The van der Waals surface area contributed by atoms with Crippen LogP contribution in [0, 0.1) is 5.92 Å². The van der Waals surface area contributed by atoms with Gasteiger partial charge in [0, 0.05) is 6.61 Å². The normalized spacial score (nSPS) is 20.0. The van der Waals surface area contributed by atoms with Crippen LogP contribution < -0.4 is 0 Å². The molecule has 0 N–H and O–H groups in total. The third-order valence-corrected chi connectivity index (χ3v) is 3.36. The van der Waals surface area contributed by atoms with E-state index in [1.807, 2.05) is 0 Å². The Bertz CT molecular complexity index is 151. The molecule has 0 atom stereocenters. The summed E-state index contributed by atoms with van der Waals surface area (Å²) in [7, 11) is 0. The Balaban J connectivity index is 1.99. The molecule has 0 unspecified atom stereocenters. The molecule has 0 aromatic carbocycles. The zero-order valence-corrected chi connectivity index (χ0v) is 10.7. The average molecular weight is 213 g/mol. The molecule has 0 spiro atoms. The number of ether oxygens (including phenoxy) is 1. The van der Waals surface area contributed by atoms with Gasteiger partial charge in [0.1, 0.15) is 0 Å². The molecular formula is C13H27NO. The second kappa shape index (κ2) is 7.24. The molecule has 0 amide bonds. The number of nitrogens with zero attached hydrogens (tertiary/aromatic N) is 1. The largest absolute Gasteiger partial charge is 0.379 e. The van der Waals surface area contributed by atoms with Gasteiger partial charge < -0.3 is 9.64 Å². The summed E-state index contributed by atoms with van der Waals surface area (Å²) in [5.41, 5.74) is 0. The first-order chi connectivity index (χ1) is 7.22. The van der Waals surface area contributed by atoms with Gasteiger partial charge in [0.25, 0.3) is 0 Å². The third kappa shape index (κ3) is 5.53. The van der Waals surface area contributed by atoms with Crippen molar-refractivity contribution >= 4 is 0 Å². The molecule has 0 aliphatic carbocycles. The molecule has 15 heavy (non-hydrogen) atoms. The summed E-state index contributed by atoms with van der Waals surface area (Å²) in [6.45, 7) is 11.3. The van der Waals surface area contributed by atoms with E-state index in [4.69, 9.17) is 4.74 Å². The first-order valence-electron chi connectivity index (χ1n) is 6.56. The van der Waals surface area contributed by atoms with Crippen molar-refractivity contribution < 1.29 is 4.74 Å². The minimum atomic E-state index is 0.395. The Labute approximate surface area is 95.0 Å². The van der Waals surface area contributed by atoms with E-state index in [9.17, 15) is 0 Å². The molecule has 0 aromatic rings. The van der Waals surface area contributed by atoms with E-state index in [2.05, 4.69) is 25.7 Å². The maximum Gasteiger partial charge on any atom is 0.0518 e. The first kappa shape index (κ1) is 13.0. The van der Waals surface area contributed by atoms with Gasteiger partial charge in [0.15, 0.2) is 0 Å². The Kier molecular flexibility index (Phi) is 6.26. The van der Waals surface area contributed by atoms with E-state index in [0.717, 1.165) is 12.5 Å². The van der Waals surface area contributed by atoms with E-state index in [0.29, 0.717) is 6.10 Å². The lowest BCUT2D eigenvalue weighted by atomic mass is 9.92. The molecule has 2 nitrogen and oxygen atoms in total. The van der Waals surface area contributed by atoms with Gasteiger partial charge in [-0.25, -0.2) is 0 Å². The van der Waals surface area contributed by atoms with Crippen LogP contribution in [0.1, 0.15) is 46.5 Å². The van der Waals surface area contributed by atoms with Crippen LogP contribution in [-0.2, 0) is 4.74 Å². The zero-order valence-electron chi connectivity index (χ0n) is 10.7. The van der Waals surface area contributed by atoms with Gasteiger partial charge in [-0.15, -0.1) is 0 Å². The lowest BCUT2D eigenvalue weighted by Gasteiger charge is -2.31.